The van der Waals surface area contributed by atoms with E-state index in [0.717, 1.165) is 28.1 Å². The fourth-order valence-corrected chi connectivity index (χ4v) is 3.03. The predicted molar refractivity (Wildman–Crippen MR) is 103 cm³/mol. The van der Waals surface area contributed by atoms with Crippen LogP contribution >= 0.6 is 0 Å². The molecule has 0 radical (unpaired) electrons. The van der Waals surface area contributed by atoms with E-state index in [9.17, 15) is 0 Å². The number of aromatic nitrogens is 5. The lowest BCUT2D eigenvalue weighted by Crippen LogP contribution is -2.01. The van der Waals surface area contributed by atoms with Gasteiger partial charge >= 0.3 is 0 Å². The van der Waals surface area contributed by atoms with Crippen molar-refractivity contribution >= 4 is 34.0 Å². The number of H-pyrrole nitrogens is 1. The van der Waals surface area contributed by atoms with Gasteiger partial charge in [-0.3, -0.25) is 0 Å². The Morgan fingerprint density at radius 1 is 0.769 bits per heavy atom. The molecule has 2 aromatic carbocycles. The SMILES string of the molecule is Cc1cc(C)c(Nc2cnc(Nc3ccc4n[nH]nc4c3)nc2)c(C)c1. The van der Waals surface area contributed by atoms with Crippen molar-refractivity contribution in [1.82, 2.24) is 25.4 Å². The zero-order chi connectivity index (χ0) is 18.1. The first-order valence-corrected chi connectivity index (χ1v) is 8.33. The van der Waals surface area contributed by atoms with Crippen molar-refractivity contribution < 1.29 is 0 Å². The molecular formula is C19H19N7. The molecule has 7 nitrogen and oxygen atoms in total. The molecular weight excluding hydrogens is 326 g/mol. The van der Waals surface area contributed by atoms with E-state index in [4.69, 9.17) is 0 Å². The number of aryl methyl sites for hydroxylation is 3. The van der Waals surface area contributed by atoms with Gasteiger partial charge in [0.1, 0.15) is 11.0 Å². The van der Waals surface area contributed by atoms with E-state index in [0.29, 0.717) is 5.95 Å². The second kappa shape index (κ2) is 6.44. The van der Waals surface area contributed by atoms with Gasteiger partial charge in [-0.1, -0.05) is 17.7 Å². The van der Waals surface area contributed by atoms with Gasteiger partial charge in [-0.25, -0.2) is 9.97 Å². The summed E-state index contributed by atoms with van der Waals surface area (Å²) in [6.07, 6.45) is 3.53. The molecule has 4 rings (SSSR count). The molecule has 0 saturated heterocycles. The minimum Gasteiger partial charge on any atom is -0.353 e. The predicted octanol–water partition coefficient (Wildman–Crippen LogP) is 4.16. The summed E-state index contributed by atoms with van der Waals surface area (Å²) >= 11 is 0. The van der Waals surface area contributed by atoms with Crippen molar-refractivity contribution in [3.05, 3.63) is 59.4 Å². The number of nitrogens with zero attached hydrogens (tertiary/aromatic N) is 4. The van der Waals surface area contributed by atoms with Crippen molar-refractivity contribution in [2.75, 3.05) is 10.6 Å². The average molecular weight is 345 g/mol. The van der Waals surface area contributed by atoms with E-state index in [-0.39, 0.29) is 0 Å². The fraction of sp³-hybridized carbons (Fsp3) is 0.158. The molecule has 0 aliphatic heterocycles. The number of nitrogens with one attached hydrogen (secondary N) is 3. The molecule has 26 heavy (non-hydrogen) atoms. The summed E-state index contributed by atoms with van der Waals surface area (Å²) in [5.74, 6) is 0.524. The first-order valence-electron chi connectivity index (χ1n) is 8.33. The lowest BCUT2D eigenvalue weighted by atomic mass is 10.1. The summed E-state index contributed by atoms with van der Waals surface area (Å²) in [5.41, 5.74) is 8.06. The first kappa shape index (κ1) is 16.0. The molecule has 0 amide bonds. The minimum atomic E-state index is 0.524. The fourth-order valence-electron chi connectivity index (χ4n) is 3.03. The third-order valence-electron chi connectivity index (χ3n) is 4.17. The highest BCUT2D eigenvalue weighted by atomic mass is 15.3. The van der Waals surface area contributed by atoms with Crippen molar-refractivity contribution in [2.24, 2.45) is 0 Å². The summed E-state index contributed by atoms with van der Waals surface area (Å²) in [5, 5.41) is 17.3. The zero-order valence-electron chi connectivity index (χ0n) is 14.8. The lowest BCUT2D eigenvalue weighted by molar-refractivity contribution is 0.959. The van der Waals surface area contributed by atoms with Crippen LogP contribution in [0.2, 0.25) is 0 Å². The van der Waals surface area contributed by atoms with Gasteiger partial charge in [0.2, 0.25) is 5.95 Å². The largest absolute Gasteiger partial charge is 0.353 e. The molecule has 2 aromatic heterocycles. The highest BCUT2D eigenvalue weighted by molar-refractivity contribution is 5.79. The Morgan fingerprint density at radius 2 is 1.46 bits per heavy atom. The maximum Gasteiger partial charge on any atom is 0.227 e. The summed E-state index contributed by atoms with van der Waals surface area (Å²) < 4.78 is 0. The van der Waals surface area contributed by atoms with E-state index in [1.54, 1.807) is 12.4 Å². The molecule has 0 bridgehead atoms. The molecule has 4 aromatic rings. The highest BCUT2D eigenvalue weighted by Gasteiger charge is 2.06. The number of hydrogen-bond donors (Lipinski definition) is 3. The van der Waals surface area contributed by atoms with E-state index in [1.807, 2.05) is 18.2 Å². The van der Waals surface area contributed by atoms with Crippen molar-refractivity contribution in [2.45, 2.75) is 20.8 Å². The van der Waals surface area contributed by atoms with Crippen LogP contribution in [0.5, 0.6) is 0 Å². The Hall–Kier alpha value is -3.48. The molecule has 0 atom stereocenters. The smallest absolute Gasteiger partial charge is 0.227 e. The maximum atomic E-state index is 4.39. The third kappa shape index (κ3) is 3.19. The van der Waals surface area contributed by atoms with Crippen LogP contribution in [0.4, 0.5) is 23.0 Å². The Bertz CT molecular complexity index is 1040. The number of anilines is 4. The number of hydrogen-bond acceptors (Lipinski definition) is 6. The van der Waals surface area contributed by atoms with Gasteiger partial charge in [0.15, 0.2) is 0 Å². The number of rotatable bonds is 4. The van der Waals surface area contributed by atoms with Crippen molar-refractivity contribution in [3.63, 3.8) is 0 Å². The van der Waals surface area contributed by atoms with Crippen LogP contribution in [0.25, 0.3) is 11.0 Å². The molecule has 0 fully saturated rings. The molecule has 0 saturated carbocycles. The lowest BCUT2D eigenvalue weighted by Gasteiger charge is -2.13. The van der Waals surface area contributed by atoms with Gasteiger partial charge in [-0.05, 0) is 50.1 Å². The van der Waals surface area contributed by atoms with E-state index in [1.165, 1.54) is 16.7 Å². The average Bonchev–Trinajstić information content (AvgIpc) is 3.07. The van der Waals surface area contributed by atoms with Crippen LogP contribution in [0.15, 0.2) is 42.7 Å². The van der Waals surface area contributed by atoms with Crippen molar-refractivity contribution in [1.29, 1.82) is 0 Å². The van der Waals surface area contributed by atoms with E-state index >= 15 is 0 Å². The molecule has 2 heterocycles. The van der Waals surface area contributed by atoms with Crippen LogP contribution < -0.4 is 10.6 Å². The molecule has 0 aliphatic carbocycles. The second-order valence-electron chi connectivity index (χ2n) is 6.35. The molecule has 7 heteroatoms. The maximum absolute atomic E-state index is 4.39. The van der Waals surface area contributed by atoms with Gasteiger partial charge in [-0.15, -0.1) is 0 Å². The normalized spacial score (nSPS) is 10.9. The molecule has 130 valence electrons. The van der Waals surface area contributed by atoms with Gasteiger partial charge in [0, 0.05) is 11.4 Å². The monoisotopic (exact) mass is 345 g/mol. The Labute approximate surface area is 150 Å². The number of benzene rings is 2. The Kier molecular flexibility index (Phi) is 3.96. The summed E-state index contributed by atoms with van der Waals surface area (Å²) in [4.78, 5) is 8.77. The van der Waals surface area contributed by atoms with Crippen LogP contribution in [-0.4, -0.2) is 25.4 Å². The standard InChI is InChI=1S/C19H19N7/c1-11-6-12(2)18(13(3)7-11)22-15-9-20-19(21-10-15)23-14-4-5-16-17(8-14)25-26-24-16/h4-10,22H,1-3H3,(H,20,21,23)(H,24,25,26). The van der Waals surface area contributed by atoms with Gasteiger partial charge in [0.25, 0.3) is 0 Å². The Morgan fingerprint density at radius 3 is 2.19 bits per heavy atom. The van der Waals surface area contributed by atoms with Crippen LogP contribution in [0.1, 0.15) is 16.7 Å². The van der Waals surface area contributed by atoms with E-state index in [2.05, 4.69) is 68.9 Å². The van der Waals surface area contributed by atoms with Crippen molar-refractivity contribution in [3.8, 4) is 0 Å². The Balaban J connectivity index is 1.51. The van der Waals surface area contributed by atoms with Crippen LogP contribution in [0.3, 0.4) is 0 Å². The third-order valence-corrected chi connectivity index (χ3v) is 4.17. The number of aromatic amines is 1. The van der Waals surface area contributed by atoms with E-state index < -0.39 is 0 Å². The zero-order valence-corrected chi connectivity index (χ0v) is 14.8. The minimum absolute atomic E-state index is 0.524. The molecule has 0 aliphatic rings. The molecule has 0 unspecified atom stereocenters. The highest BCUT2D eigenvalue weighted by Crippen LogP contribution is 2.26. The van der Waals surface area contributed by atoms with Gasteiger partial charge < -0.3 is 10.6 Å². The molecule has 3 N–H and O–H groups in total. The van der Waals surface area contributed by atoms with Gasteiger partial charge in [0.05, 0.1) is 18.1 Å². The second-order valence-corrected chi connectivity index (χ2v) is 6.35. The summed E-state index contributed by atoms with van der Waals surface area (Å²) in [6.45, 7) is 6.29. The van der Waals surface area contributed by atoms with Crippen LogP contribution in [0, 0.1) is 20.8 Å². The van der Waals surface area contributed by atoms with Gasteiger partial charge in [-0.2, -0.15) is 15.4 Å². The topological polar surface area (TPSA) is 91.4 Å². The van der Waals surface area contributed by atoms with Crippen LogP contribution in [-0.2, 0) is 0 Å². The quantitative estimate of drug-likeness (QED) is 0.514. The number of fused-ring (bicyclic) bond motifs is 1. The summed E-state index contributed by atoms with van der Waals surface area (Å²) in [7, 11) is 0. The summed E-state index contributed by atoms with van der Waals surface area (Å²) in [6, 6.07) is 10.0. The molecule has 0 spiro atoms. The first-order chi connectivity index (χ1) is 12.6.